The van der Waals surface area contributed by atoms with Gasteiger partial charge in [0, 0.05) is 35.4 Å². The molecule has 4 rings (SSSR count). The molecule has 0 bridgehead atoms. The van der Waals surface area contributed by atoms with E-state index >= 15 is 0 Å². The molecule has 0 saturated heterocycles. The summed E-state index contributed by atoms with van der Waals surface area (Å²) in [4.78, 5) is 21.4. The summed E-state index contributed by atoms with van der Waals surface area (Å²) in [7, 11) is 0. The molecule has 0 unspecified atom stereocenters. The van der Waals surface area contributed by atoms with E-state index in [-0.39, 0.29) is 5.91 Å². The van der Waals surface area contributed by atoms with Crippen LogP contribution in [0.2, 0.25) is 0 Å². The van der Waals surface area contributed by atoms with Crippen molar-refractivity contribution in [1.29, 1.82) is 0 Å². The number of carbonyl (C=O) groups is 1. The Hall–Kier alpha value is -3.67. The predicted molar refractivity (Wildman–Crippen MR) is 113 cm³/mol. The summed E-state index contributed by atoms with van der Waals surface area (Å²) in [6.07, 6.45) is 7.63. The van der Waals surface area contributed by atoms with Crippen molar-refractivity contribution in [3.8, 4) is 17.0 Å². The maximum atomic E-state index is 12.6. The number of imidazole rings is 1. The van der Waals surface area contributed by atoms with Crippen LogP contribution in [0, 0.1) is 0 Å². The third-order valence-corrected chi connectivity index (χ3v) is 4.53. The first-order valence-electron chi connectivity index (χ1n) is 9.67. The number of nitrogens with one attached hydrogen (secondary N) is 1. The molecule has 0 aliphatic rings. The number of ether oxygens (including phenoxy) is 1. The average molecular weight is 386 g/mol. The molecule has 0 aliphatic heterocycles. The topological polar surface area (TPSA) is 68.5 Å². The summed E-state index contributed by atoms with van der Waals surface area (Å²) in [5.74, 6) is 1.24. The van der Waals surface area contributed by atoms with E-state index in [0.29, 0.717) is 23.6 Å². The van der Waals surface area contributed by atoms with Gasteiger partial charge < -0.3 is 10.1 Å². The summed E-state index contributed by atoms with van der Waals surface area (Å²) < 4.78 is 7.51. The molecular formula is C23H22N4O2. The number of benzene rings is 2. The molecule has 4 aromatic rings. The monoisotopic (exact) mass is 386 g/mol. The second-order valence-electron chi connectivity index (χ2n) is 6.71. The van der Waals surface area contributed by atoms with E-state index in [9.17, 15) is 4.79 Å². The number of fused-ring (bicyclic) bond motifs is 1. The van der Waals surface area contributed by atoms with Gasteiger partial charge in [-0.3, -0.25) is 9.20 Å². The fourth-order valence-corrected chi connectivity index (χ4v) is 2.97. The van der Waals surface area contributed by atoms with E-state index in [1.165, 1.54) is 0 Å². The molecule has 2 aromatic carbocycles. The van der Waals surface area contributed by atoms with E-state index in [1.807, 2.05) is 59.3 Å². The van der Waals surface area contributed by atoms with Gasteiger partial charge in [0.1, 0.15) is 5.75 Å². The van der Waals surface area contributed by atoms with Crippen LogP contribution in [-0.2, 0) is 0 Å². The molecule has 0 saturated carbocycles. The predicted octanol–water partition coefficient (Wildman–Crippen LogP) is 4.83. The van der Waals surface area contributed by atoms with Crippen LogP contribution in [0.15, 0.2) is 73.2 Å². The van der Waals surface area contributed by atoms with Crippen LogP contribution in [0.25, 0.3) is 17.0 Å². The van der Waals surface area contributed by atoms with Gasteiger partial charge in [-0.05, 0) is 48.9 Å². The SMILES string of the molecule is CCCCOc1ccc(C(=O)Nc2cccc(-c3cn4cccnc4n3)c2)cc1. The van der Waals surface area contributed by atoms with Crippen LogP contribution in [0.1, 0.15) is 30.1 Å². The number of carbonyl (C=O) groups excluding carboxylic acids is 1. The lowest BCUT2D eigenvalue weighted by molar-refractivity contribution is 0.102. The minimum atomic E-state index is -0.168. The quantitative estimate of drug-likeness (QED) is 0.462. The van der Waals surface area contributed by atoms with Crippen LogP contribution in [-0.4, -0.2) is 26.9 Å². The maximum Gasteiger partial charge on any atom is 0.255 e. The standard InChI is InChI=1S/C23H22N4O2/c1-2-3-14-29-20-10-8-17(9-11-20)22(28)25-19-7-4-6-18(15-19)21-16-27-13-5-12-24-23(27)26-21/h4-13,15-16H,2-3,14H2,1H3,(H,25,28). The lowest BCUT2D eigenvalue weighted by Crippen LogP contribution is -2.11. The van der Waals surface area contributed by atoms with Crippen molar-refractivity contribution in [2.45, 2.75) is 19.8 Å². The molecule has 0 atom stereocenters. The number of amides is 1. The second kappa shape index (κ2) is 8.56. The van der Waals surface area contributed by atoms with Crippen LogP contribution in [0.3, 0.4) is 0 Å². The number of rotatable bonds is 7. The van der Waals surface area contributed by atoms with Gasteiger partial charge in [0.25, 0.3) is 5.91 Å². The Kier molecular flexibility index (Phi) is 5.52. The van der Waals surface area contributed by atoms with Crippen LogP contribution in [0.5, 0.6) is 5.75 Å². The molecule has 2 heterocycles. The normalized spacial score (nSPS) is 10.8. The van der Waals surface area contributed by atoms with Crippen molar-refractivity contribution in [3.05, 3.63) is 78.8 Å². The third-order valence-electron chi connectivity index (χ3n) is 4.53. The van der Waals surface area contributed by atoms with Crippen molar-refractivity contribution in [1.82, 2.24) is 14.4 Å². The number of hydrogen-bond acceptors (Lipinski definition) is 4. The van der Waals surface area contributed by atoms with Crippen molar-refractivity contribution < 1.29 is 9.53 Å². The van der Waals surface area contributed by atoms with Gasteiger partial charge in [0.15, 0.2) is 0 Å². The van der Waals surface area contributed by atoms with Crippen LogP contribution >= 0.6 is 0 Å². The summed E-state index contributed by atoms with van der Waals surface area (Å²) >= 11 is 0. The summed E-state index contributed by atoms with van der Waals surface area (Å²) in [6, 6.07) is 16.7. The Morgan fingerprint density at radius 2 is 2.00 bits per heavy atom. The lowest BCUT2D eigenvalue weighted by Gasteiger charge is -2.08. The largest absolute Gasteiger partial charge is 0.494 e. The van der Waals surface area contributed by atoms with Gasteiger partial charge in [-0.15, -0.1) is 0 Å². The van der Waals surface area contributed by atoms with Gasteiger partial charge >= 0.3 is 0 Å². The number of unbranched alkanes of at least 4 members (excludes halogenated alkanes) is 1. The molecule has 1 N–H and O–H groups in total. The minimum Gasteiger partial charge on any atom is -0.494 e. The fraction of sp³-hybridized carbons (Fsp3) is 0.174. The lowest BCUT2D eigenvalue weighted by atomic mass is 10.1. The first-order chi connectivity index (χ1) is 14.2. The maximum absolute atomic E-state index is 12.6. The van der Waals surface area contributed by atoms with Crippen LogP contribution in [0.4, 0.5) is 5.69 Å². The van der Waals surface area contributed by atoms with Crippen molar-refractivity contribution in [3.63, 3.8) is 0 Å². The van der Waals surface area contributed by atoms with E-state index in [0.717, 1.165) is 29.8 Å². The molecule has 0 radical (unpaired) electrons. The van der Waals surface area contributed by atoms with Gasteiger partial charge in [-0.1, -0.05) is 25.5 Å². The zero-order valence-corrected chi connectivity index (χ0v) is 16.2. The zero-order valence-electron chi connectivity index (χ0n) is 16.2. The molecule has 6 heteroatoms. The van der Waals surface area contributed by atoms with Crippen molar-refractivity contribution >= 4 is 17.4 Å². The van der Waals surface area contributed by atoms with Gasteiger partial charge in [-0.2, -0.15) is 0 Å². The summed E-state index contributed by atoms with van der Waals surface area (Å²) in [5.41, 5.74) is 3.00. The van der Waals surface area contributed by atoms with E-state index in [1.54, 1.807) is 18.3 Å². The molecule has 0 fully saturated rings. The zero-order chi connectivity index (χ0) is 20.1. The molecular weight excluding hydrogens is 364 g/mol. The van der Waals surface area contributed by atoms with Gasteiger partial charge in [0.2, 0.25) is 5.78 Å². The Bertz CT molecular complexity index is 1090. The van der Waals surface area contributed by atoms with Crippen molar-refractivity contribution in [2.24, 2.45) is 0 Å². The first-order valence-corrected chi connectivity index (χ1v) is 9.67. The molecule has 2 aromatic heterocycles. The highest BCUT2D eigenvalue weighted by atomic mass is 16.5. The molecule has 0 aliphatic carbocycles. The Labute approximate surface area is 169 Å². The highest BCUT2D eigenvalue weighted by Crippen LogP contribution is 2.22. The smallest absolute Gasteiger partial charge is 0.255 e. The highest BCUT2D eigenvalue weighted by molar-refractivity contribution is 6.04. The number of anilines is 1. The molecule has 6 nitrogen and oxygen atoms in total. The Morgan fingerprint density at radius 1 is 1.14 bits per heavy atom. The van der Waals surface area contributed by atoms with Crippen molar-refractivity contribution in [2.75, 3.05) is 11.9 Å². The molecule has 29 heavy (non-hydrogen) atoms. The van der Waals surface area contributed by atoms with Gasteiger partial charge in [-0.25, -0.2) is 9.97 Å². The molecule has 146 valence electrons. The number of aromatic nitrogens is 3. The Morgan fingerprint density at radius 3 is 2.79 bits per heavy atom. The average Bonchev–Trinajstić information content (AvgIpc) is 3.19. The highest BCUT2D eigenvalue weighted by Gasteiger charge is 2.09. The summed E-state index contributed by atoms with van der Waals surface area (Å²) in [5, 5.41) is 2.94. The van der Waals surface area contributed by atoms with Crippen LogP contribution < -0.4 is 10.1 Å². The summed E-state index contributed by atoms with van der Waals surface area (Å²) in [6.45, 7) is 2.81. The number of nitrogens with zero attached hydrogens (tertiary/aromatic N) is 3. The second-order valence-corrected chi connectivity index (χ2v) is 6.71. The first kappa shape index (κ1) is 18.7. The third kappa shape index (κ3) is 4.43. The minimum absolute atomic E-state index is 0.168. The Balaban J connectivity index is 1.46. The van der Waals surface area contributed by atoms with E-state index in [2.05, 4.69) is 22.2 Å². The van der Waals surface area contributed by atoms with E-state index in [4.69, 9.17) is 4.74 Å². The van der Waals surface area contributed by atoms with Gasteiger partial charge in [0.05, 0.1) is 12.3 Å². The van der Waals surface area contributed by atoms with E-state index < -0.39 is 0 Å². The number of hydrogen-bond donors (Lipinski definition) is 1. The molecule has 0 spiro atoms. The molecule has 1 amide bonds. The fourth-order valence-electron chi connectivity index (χ4n) is 2.97.